The first kappa shape index (κ1) is 22.5. The Kier molecular flexibility index (Phi) is 6.72. The maximum absolute atomic E-state index is 13.0. The van der Waals surface area contributed by atoms with Gasteiger partial charge in [-0.05, 0) is 55.0 Å². The molecule has 0 saturated heterocycles. The number of hydrogen-bond donors (Lipinski definition) is 2. The second-order valence-electron chi connectivity index (χ2n) is 6.59. The molecule has 1 amide bonds. The van der Waals surface area contributed by atoms with Crippen molar-refractivity contribution in [2.45, 2.75) is 11.8 Å². The van der Waals surface area contributed by atoms with Crippen molar-refractivity contribution in [2.24, 2.45) is 0 Å². The minimum atomic E-state index is -3.97. The number of amides is 1. The first-order valence-electron chi connectivity index (χ1n) is 9.16. The molecule has 0 heterocycles. The number of nitrogens with one attached hydrogen (secondary N) is 2. The third-order valence-electron chi connectivity index (χ3n) is 4.50. The number of halogens is 1. The number of aryl methyl sites for hydroxylation is 1. The molecule has 31 heavy (non-hydrogen) atoms. The van der Waals surface area contributed by atoms with Crippen molar-refractivity contribution in [3.8, 4) is 11.5 Å². The molecule has 0 bridgehead atoms. The highest BCUT2D eigenvalue weighted by Gasteiger charge is 2.21. The summed E-state index contributed by atoms with van der Waals surface area (Å²) in [5.41, 5.74) is 1.42. The Balaban J connectivity index is 1.88. The summed E-state index contributed by atoms with van der Waals surface area (Å²) >= 11 is 6.09. The van der Waals surface area contributed by atoms with Crippen LogP contribution in [0.5, 0.6) is 11.5 Å². The average molecular weight is 461 g/mol. The predicted octanol–water partition coefficient (Wildman–Crippen LogP) is 4.72. The Morgan fingerprint density at radius 1 is 0.935 bits per heavy atom. The van der Waals surface area contributed by atoms with Crippen molar-refractivity contribution in [3.05, 3.63) is 76.8 Å². The fourth-order valence-electron chi connectivity index (χ4n) is 2.91. The highest BCUT2D eigenvalue weighted by molar-refractivity contribution is 7.92. The molecule has 3 aromatic rings. The van der Waals surface area contributed by atoms with Crippen LogP contribution in [0.15, 0.2) is 65.6 Å². The number of methoxy groups -OCH3 is 2. The number of carbonyl (C=O) groups is 1. The molecule has 0 aliphatic rings. The van der Waals surface area contributed by atoms with Gasteiger partial charge in [0.25, 0.3) is 15.9 Å². The van der Waals surface area contributed by atoms with E-state index in [1.54, 1.807) is 61.5 Å². The van der Waals surface area contributed by atoms with Gasteiger partial charge in [0, 0.05) is 11.3 Å². The van der Waals surface area contributed by atoms with E-state index in [9.17, 15) is 13.2 Å². The van der Waals surface area contributed by atoms with Crippen LogP contribution in [0.4, 0.5) is 11.4 Å². The normalized spacial score (nSPS) is 11.0. The Morgan fingerprint density at radius 3 is 2.32 bits per heavy atom. The summed E-state index contributed by atoms with van der Waals surface area (Å²) in [4.78, 5) is 12.7. The van der Waals surface area contributed by atoms with Gasteiger partial charge in [-0.25, -0.2) is 8.42 Å². The molecule has 0 spiro atoms. The van der Waals surface area contributed by atoms with E-state index in [4.69, 9.17) is 21.1 Å². The van der Waals surface area contributed by atoms with Crippen molar-refractivity contribution < 1.29 is 22.7 Å². The fourth-order valence-corrected chi connectivity index (χ4v) is 4.51. The summed E-state index contributed by atoms with van der Waals surface area (Å²) < 4.78 is 38.8. The fraction of sp³-hybridized carbons (Fsp3) is 0.136. The average Bonchev–Trinajstić information content (AvgIpc) is 2.74. The van der Waals surface area contributed by atoms with Crippen molar-refractivity contribution in [1.29, 1.82) is 0 Å². The molecule has 2 N–H and O–H groups in total. The zero-order valence-electron chi connectivity index (χ0n) is 17.1. The van der Waals surface area contributed by atoms with Crippen LogP contribution in [0.25, 0.3) is 0 Å². The van der Waals surface area contributed by atoms with Gasteiger partial charge in [-0.3, -0.25) is 9.52 Å². The molecular formula is C22H21ClN2O5S. The number of hydrogen-bond acceptors (Lipinski definition) is 5. The molecule has 0 atom stereocenters. The summed E-state index contributed by atoms with van der Waals surface area (Å²) in [5.74, 6) is 0.384. The molecule has 3 aromatic carbocycles. The van der Waals surface area contributed by atoms with Gasteiger partial charge in [-0.15, -0.1) is 0 Å². The lowest BCUT2D eigenvalue weighted by Crippen LogP contribution is -2.17. The van der Waals surface area contributed by atoms with Crippen molar-refractivity contribution >= 4 is 38.9 Å². The molecule has 0 saturated carbocycles. The van der Waals surface area contributed by atoms with Gasteiger partial charge in [0.2, 0.25) is 0 Å². The van der Waals surface area contributed by atoms with E-state index in [0.717, 1.165) is 0 Å². The van der Waals surface area contributed by atoms with E-state index in [-0.39, 0.29) is 10.5 Å². The molecule has 0 aliphatic carbocycles. The number of ether oxygens (including phenoxy) is 2. The molecule has 3 rings (SSSR count). The summed E-state index contributed by atoms with van der Waals surface area (Å²) in [5, 5.41) is 3.04. The zero-order valence-corrected chi connectivity index (χ0v) is 18.7. The second-order valence-corrected chi connectivity index (χ2v) is 8.65. The van der Waals surface area contributed by atoms with Crippen LogP contribution in [-0.4, -0.2) is 28.5 Å². The van der Waals surface area contributed by atoms with Gasteiger partial charge >= 0.3 is 0 Å². The smallest absolute Gasteiger partial charge is 0.262 e. The van der Waals surface area contributed by atoms with E-state index in [0.29, 0.717) is 33.5 Å². The van der Waals surface area contributed by atoms with Gasteiger partial charge in [-0.2, -0.15) is 0 Å². The van der Waals surface area contributed by atoms with Gasteiger partial charge in [0.15, 0.2) is 0 Å². The highest BCUT2D eigenvalue weighted by atomic mass is 35.5. The molecule has 9 heteroatoms. The number of para-hydroxylation sites is 2. The number of anilines is 2. The third-order valence-corrected chi connectivity index (χ3v) is 6.30. The molecule has 162 valence electrons. The quantitative estimate of drug-likeness (QED) is 0.532. The van der Waals surface area contributed by atoms with E-state index in [2.05, 4.69) is 10.0 Å². The van der Waals surface area contributed by atoms with Gasteiger partial charge < -0.3 is 14.8 Å². The molecule has 7 nitrogen and oxygen atoms in total. The molecule has 0 aliphatic heterocycles. The van der Waals surface area contributed by atoms with Crippen LogP contribution in [0.3, 0.4) is 0 Å². The molecule has 0 fully saturated rings. The minimum Gasteiger partial charge on any atom is -0.495 e. The number of rotatable bonds is 7. The van der Waals surface area contributed by atoms with Crippen molar-refractivity contribution in [2.75, 3.05) is 24.3 Å². The summed E-state index contributed by atoms with van der Waals surface area (Å²) in [6.45, 7) is 1.65. The zero-order chi connectivity index (χ0) is 22.6. The van der Waals surface area contributed by atoms with Crippen LogP contribution in [0.1, 0.15) is 15.9 Å². The number of benzene rings is 3. The van der Waals surface area contributed by atoms with Crippen LogP contribution in [0.2, 0.25) is 5.02 Å². The van der Waals surface area contributed by atoms with Gasteiger partial charge in [-0.1, -0.05) is 29.8 Å². The summed E-state index contributed by atoms with van der Waals surface area (Å²) in [6, 6.07) is 15.9. The lowest BCUT2D eigenvalue weighted by molar-refractivity contribution is 0.102. The molecule has 0 aromatic heterocycles. The molecule has 0 unspecified atom stereocenters. The number of sulfonamides is 1. The molecule has 0 radical (unpaired) electrons. The minimum absolute atomic E-state index is 0.0150. The lowest BCUT2D eigenvalue weighted by atomic mass is 10.1. The van der Waals surface area contributed by atoms with Gasteiger partial charge in [0.1, 0.15) is 11.5 Å². The SMILES string of the molecule is COc1ccc(NC(=O)c2ccc(C)c(S(=O)(=O)Nc3ccccc3OC)c2)cc1Cl. The van der Waals surface area contributed by atoms with Crippen molar-refractivity contribution in [3.63, 3.8) is 0 Å². The summed E-state index contributed by atoms with van der Waals surface area (Å²) in [7, 11) is -1.02. The Morgan fingerprint density at radius 2 is 1.65 bits per heavy atom. The highest BCUT2D eigenvalue weighted by Crippen LogP contribution is 2.29. The topological polar surface area (TPSA) is 93.7 Å². The van der Waals surface area contributed by atoms with E-state index < -0.39 is 15.9 Å². The second kappa shape index (κ2) is 9.28. The summed E-state index contributed by atoms with van der Waals surface area (Å²) in [6.07, 6.45) is 0. The third kappa shape index (κ3) is 5.10. The van der Waals surface area contributed by atoms with Crippen LogP contribution in [0, 0.1) is 6.92 Å². The predicted molar refractivity (Wildman–Crippen MR) is 121 cm³/mol. The first-order valence-corrected chi connectivity index (χ1v) is 11.0. The standard InChI is InChI=1S/C22H21ClN2O5S/c1-14-8-9-15(22(26)24-16-10-11-19(29-2)17(23)13-16)12-21(14)31(27,28)25-18-6-4-5-7-20(18)30-3/h4-13,25H,1-3H3,(H,24,26). The molecular weight excluding hydrogens is 440 g/mol. The van der Waals surface area contributed by atoms with Crippen LogP contribution in [-0.2, 0) is 10.0 Å². The monoisotopic (exact) mass is 460 g/mol. The maximum Gasteiger partial charge on any atom is 0.262 e. The number of carbonyl (C=O) groups excluding carboxylic acids is 1. The Bertz CT molecular complexity index is 1230. The van der Waals surface area contributed by atoms with Crippen LogP contribution < -0.4 is 19.5 Å². The Labute approximate surface area is 186 Å². The van der Waals surface area contributed by atoms with E-state index in [1.165, 1.54) is 20.3 Å². The van der Waals surface area contributed by atoms with E-state index >= 15 is 0 Å². The van der Waals surface area contributed by atoms with Crippen molar-refractivity contribution in [1.82, 2.24) is 0 Å². The van der Waals surface area contributed by atoms with E-state index in [1.807, 2.05) is 0 Å². The lowest BCUT2D eigenvalue weighted by Gasteiger charge is -2.14. The largest absolute Gasteiger partial charge is 0.495 e. The van der Waals surface area contributed by atoms with Gasteiger partial charge in [0.05, 0.1) is 29.8 Å². The maximum atomic E-state index is 13.0. The van der Waals surface area contributed by atoms with Crippen LogP contribution >= 0.6 is 11.6 Å². The first-order chi connectivity index (χ1) is 14.7. The Hall–Kier alpha value is -3.23.